The Kier molecular flexibility index (Phi) is 3.41. The molecule has 2 heterocycles. The van der Waals surface area contributed by atoms with E-state index < -0.39 is 5.97 Å². The van der Waals surface area contributed by atoms with Crippen LogP contribution in [0.25, 0.3) is 11.2 Å². The first-order valence-corrected chi connectivity index (χ1v) is 7.74. The van der Waals surface area contributed by atoms with Gasteiger partial charge in [0.1, 0.15) is 5.52 Å². The van der Waals surface area contributed by atoms with Gasteiger partial charge in [0.05, 0.1) is 5.75 Å². The quantitative estimate of drug-likeness (QED) is 0.858. The van der Waals surface area contributed by atoms with Crippen LogP contribution in [0.3, 0.4) is 0 Å². The maximum Gasteiger partial charge on any atom is 0.313 e. The van der Waals surface area contributed by atoms with Gasteiger partial charge in [0, 0.05) is 12.2 Å². The van der Waals surface area contributed by atoms with Crippen LogP contribution in [0.5, 0.6) is 0 Å². The molecule has 0 saturated heterocycles. The molecule has 5 nitrogen and oxygen atoms in total. The third-order valence-electron chi connectivity index (χ3n) is 3.67. The van der Waals surface area contributed by atoms with Crippen molar-refractivity contribution >= 4 is 28.9 Å². The number of nitrogens with zero attached hydrogens (tertiary/aromatic N) is 3. The minimum Gasteiger partial charge on any atom is -0.481 e. The first-order chi connectivity index (χ1) is 9.56. The van der Waals surface area contributed by atoms with E-state index in [9.17, 15) is 4.79 Å². The summed E-state index contributed by atoms with van der Waals surface area (Å²) >= 11 is 1.27. The zero-order valence-corrected chi connectivity index (χ0v) is 12.4. The van der Waals surface area contributed by atoms with Gasteiger partial charge in [-0.2, -0.15) is 0 Å². The number of carboxylic acids is 1. The van der Waals surface area contributed by atoms with E-state index in [-0.39, 0.29) is 5.75 Å². The van der Waals surface area contributed by atoms with Gasteiger partial charge in [0.2, 0.25) is 0 Å². The molecule has 0 aromatic carbocycles. The zero-order chi connectivity index (χ0) is 14.3. The second-order valence-electron chi connectivity index (χ2n) is 5.38. The van der Waals surface area contributed by atoms with Crippen molar-refractivity contribution in [3.8, 4) is 0 Å². The Morgan fingerprint density at radius 3 is 3.00 bits per heavy atom. The summed E-state index contributed by atoms with van der Waals surface area (Å²) in [5.41, 5.74) is 2.78. The molecule has 106 valence electrons. The fourth-order valence-corrected chi connectivity index (χ4v) is 3.25. The smallest absolute Gasteiger partial charge is 0.313 e. The Bertz CT molecular complexity index is 664. The Morgan fingerprint density at radius 2 is 2.35 bits per heavy atom. The van der Waals surface area contributed by atoms with Crippen molar-refractivity contribution in [1.82, 2.24) is 14.5 Å². The van der Waals surface area contributed by atoms with Crippen LogP contribution in [-0.4, -0.2) is 31.4 Å². The summed E-state index contributed by atoms with van der Waals surface area (Å²) in [6, 6.07) is 2.33. The number of aliphatic carboxylic acids is 1. The average Bonchev–Trinajstić information content (AvgIpc) is 3.17. The second kappa shape index (κ2) is 5.09. The van der Waals surface area contributed by atoms with Crippen LogP contribution in [0.15, 0.2) is 17.4 Å². The van der Waals surface area contributed by atoms with Gasteiger partial charge >= 0.3 is 5.97 Å². The standard InChI is InChI=1S/C14H17N3O2S/c1-8-5-11-13(15-6-8)17(9(2)10-3-4-10)14(16-11)20-7-12(18)19/h5-6,9-10H,3-4,7H2,1-2H3,(H,18,19). The van der Waals surface area contributed by atoms with Crippen molar-refractivity contribution in [2.75, 3.05) is 5.75 Å². The molecule has 0 aliphatic heterocycles. The van der Waals surface area contributed by atoms with E-state index in [1.165, 1.54) is 24.6 Å². The number of hydrogen-bond donors (Lipinski definition) is 1. The van der Waals surface area contributed by atoms with Crippen LogP contribution in [0.4, 0.5) is 0 Å². The first-order valence-electron chi connectivity index (χ1n) is 6.75. The number of aryl methyl sites for hydroxylation is 1. The lowest BCUT2D eigenvalue weighted by Gasteiger charge is -2.15. The summed E-state index contributed by atoms with van der Waals surface area (Å²) in [5, 5.41) is 9.64. The molecule has 1 fully saturated rings. The average molecular weight is 291 g/mol. The molecule has 1 N–H and O–H groups in total. The van der Waals surface area contributed by atoms with Gasteiger partial charge in [-0.05, 0) is 44.2 Å². The number of hydrogen-bond acceptors (Lipinski definition) is 4. The number of pyridine rings is 1. The van der Waals surface area contributed by atoms with Crippen molar-refractivity contribution in [3.05, 3.63) is 17.8 Å². The number of imidazole rings is 1. The molecular formula is C14H17N3O2S. The predicted octanol–water partition coefficient (Wildman–Crippen LogP) is 2.89. The molecule has 0 spiro atoms. The fraction of sp³-hybridized carbons (Fsp3) is 0.500. The van der Waals surface area contributed by atoms with Gasteiger partial charge in [-0.3, -0.25) is 4.79 Å². The highest BCUT2D eigenvalue weighted by molar-refractivity contribution is 7.99. The maximum atomic E-state index is 10.8. The van der Waals surface area contributed by atoms with Gasteiger partial charge < -0.3 is 9.67 Å². The summed E-state index contributed by atoms with van der Waals surface area (Å²) in [4.78, 5) is 19.9. The summed E-state index contributed by atoms with van der Waals surface area (Å²) in [6.45, 7) is 4.16. The fourth-order valence-electron chi connectivity index (χ4n) is 2.45. The van der Waals surface area contributed by atoms with Gasteiger partial charge in [0.15, 0.2) is 10.8 Å². The number of carboxylic acid groups (broad SMARTS) is 1. The number of rotatable bonds is 5. The van der Waals surface area contributed by atoms with Crippen LogP contribution >= 0.6 is 11.8 Å². The molecule has 0 radical (unpaired) electrons. The number of thioether (sulfide) groups is 1. The molecule has 3 rings (SSSR count). The highest BCUT2D eigenvalue weighted by atomic mass is 32.2. The molecule has 20 heavy (non-hydrogen) atoms. The maximum absolute atomic E-state index is 10.8. The number of aromatic nitrogens is 3. The van der Waals surface area contributed by atoms with Crippen molar-refractivity contribution in [2.45, 2.75) is 37.9 Å². The lowest BCUT2D eigenvalue weighted by Crippen LogP contribution is -2.10. The van der Waals surface area contributed by atoms with Crippen molar-refractivity contribution in [3.63, 3.8) is 0 Å². The van der Waals surface area contributed by atoms with E-state index >= 15 is 0 Å². The van der Waals surface area contributed by atoms with E-state index in [0.29, 0.717) is 12.0 Å². The minimum absolute atomic E-state index is 0.0275. The van der Waals surface area contributed by atoms with Crippen LogP contribution in [0.1, 0.15) is 31.4 Å². The van der Waals surface area contributed by atoms with Crippen LogP contribution in [0, 0.1) is 12.8 Å². The first kappa shape index (κ1) is 13.4. The Morgan fingerprint density at radius 1 is 1.60 bits per heavy atom. The number of carbonyl (C=O) groups is 1. The monoisotopic (exact) mass is 291 g/mol. The largest absolute Gasteiger partial charge is 0.481 e. The molecule has 2 aromatic rings. The third-order valence-corrected chi connectivity index (χ3v) is 4.61. The van der Waals surface area contributed by atoms with Crippen LogP contribution < -0.4 is 0 Å². The summed E-state index contributed by atoms with van der Waals surface area (Å²) < 4.78 is 2.11. The molecule has 1 saturated carbocycles. The highest BCUT2D eigenvalue weighted by Crippen LogP contribution is 2.42. The van der Waals surface area contributed by atoms with Crippen molar-refractivity contribution in [2.24, 2.45) is 5.92 Å². The molecule has 1 aliphatic carbocycles. The van der Waals surface area contributed by atoms with Gasteiger partial charge in [-0.25, -0.2) is 9.97 Å². The van der Waals surface area contributed by atoms with Crippen LogP contribution in [-0.2, 0) is 4.79 Å². The minimum atomic E-state index is -0.822. The van der Waals surface area contributed by atoms with Gasteiger partial charge in [-0.15, -0.1) is 0 Å². The molecule has 0 amide bonds. The Labute approximate surface area is 121 Å². The van der Waals surface area contributed by atoms with Gasteiger partial charge in [0.25, 0.3) is 0 Å². The molecule has 0 bridgehead atoms. The SMILES string of the molecule is Cc1cnc2c(c1)nc(SCC(=O)O)n2C(C)C1CC1. The van der Waals surface area contributed by atoms with E-state index in [1.54, 1.807) is 0 Å². The number of fused-ring (bicyclic) bond motifs is 1. The summed E-state index contributed by atoms with van der Waals surface area (Å²) in [5.74, 6) is -0.129. The molecule has 1 atom stereocenters. The lowest BCUT2D eigenvalue weighted by molar-refractivity contribution is -0.133. The van der Waals surface area contributed by atoms with Crippen LogP contribution in [0.2, 0.25) is 0 Å². The van der Waals surface area contributed by atoms with E-state index in [1.807, 2.05) is 19.2 Å². The zero-order valence-electron chi connectivity index (χ0n) is 11.5. The summed E-state index contributed by atoms with van der Waals surface area (Å²) in [7, 11) is 0. The van der Waals surface area contributed by atoms with E-state index in [0.717, 1.165) is 21.9 Å². The van der Waals surface area contributed by atoms with Crippen molar-refractivity contribution < 1.29 is 9.90 Å². The molecule has 6 heteroatoms. The summed E-state index contributed by atoms with van der Waals surface area (Å²) in [6.07, 6.45) is 4.30. The van der Waals surface area contributed by atoms with Crippen molar-refractivity contribution in [1.29, 1.82) is 0 Å². The Balaban J connectivity index is 2.05. The lowest BCUT2D eigenvalue weighted by atomic mass is 10.2. The molecule has 1 aliphatic rings. The second-order valence-corrected chi connectivity index (χ2v) is 6.32. The topological polar surface area (TPSA) is 68.0 Å². The highest BCUT2D eigenvalue weighted by Gasteiger charge is 2.32. The molecule has 1 unspecified atom stereocenters. The third kappa shape index (κ3) is 2.52. The normalized spacial score (nSPS) is 16.5. The molecular weight excluding hydrogens is 274 g/mol. The predicted molar refractivity (Wildman–Crippen MR) is 78.1 cm³/mol. The van der Waals surface area contributed by atoms with Gasteiger partial charge in [-0.1, -0.05) is 11.8 Å². The Hall–Kier alpha value is -1.56. The molecule has 2 aromatic heterocycles. The van der Waals surface area contributed by atoms with E-state index in [2.05, 4.69) is 21.5 Å². The van der Waals surface area contributed by atoms with E-state index in [4.69, 9.17) is 5.11 Å².